The van der Waals surface area contributed by atoms with Gasteiger partial charge in [-0.3, -0.25) is 4.79 Å². The molecule has 1 amide bonds. The Balaban J connectivity index is 1.29. The molecule has 0 unspecified atom stereocenters. The molecule has 0 fully saturated rings. The predicted molar refractivity (Wildman–Crippen MR) is 117 cm³/mol. The molecule has 9 nitrogen and oxygen atoms in total. The minimum atomic E-state index is -3.82. The Labute approximate surface area is 182 Å². The first-order valence-electron chi connectivity index (χ1n) is 9.18. The van der Waals surface area contributed by atoms with E-state index in [1.54, 1.807) is 6.07 Å². The second kappa shape index (κ2) is 9.14. The van der Waals surface area contributed by atoms with Gasteiger partial charge < -0.3 is 9.73 Å². The number of oxazole rings is 1. The molecule has 0 saturated heterocycles. The van der Waals surface area contributed by atoms with E-state index in [2.05, 4.69) is 25.0 Å². The van der Waals surface area contributed by atoms with Gasteiger partial charge in [-0.25, -0.2) is 28.1 Å². The van der Waals surface area contributed by atoms with Crippen LogP contribution in [0.2, 0.25) is 0 Å². The van der Waals surface area contributed by atoms with E-state index in [0.29, 0.717) is 22.2 Å². The van der Waals surface area contributed by atoms with Gasteiger partial charge in [0.1, 0.15) is 5.52 Å². The van der Waals surface area contributed by atoms with Gasteiger partial charge in [-0.15, -0.1) is 0 Å². The molecule has 31 heavy (non-hydrogen) atoms. The van der Waals surface area contributed by atoms with Gasteiger partial charge >= 0.3 is 0 Å². The molecule has 0 bridgehead atoms. The zero-order valence-electron chi connectivity index (χ0n) is 16.1. The Morgan fingerprint density at radius 1 is 1.00 bits per heavy atom. The number of aromatic nitrogens is 3. The van der Waals surface area contributed by atoms with Crippen LogP contribution in [0.25, 0.3) is 11.1 Å². The number of carbonyl (C=O) groups excluding carboxylic acids is 1. The number of carbonyl (C=O) groups is 1. The van der Waals surface area contributed by atoms with Crippen molar-refractivity contribution in [1.82, 2.24) is 15.0 Å². The van der Waals surface area contributed by atoms with Crippen molar-refractivity contribution in [1.29, 1.82) is 0 Å². The summed E-state index contributed by atoms with van der Waals surface area (Å²) in [5.41, 5.74) is 1.97. The fourth-order valence-corrected chi connectivity index (χ4v) is 4.35. The molecule has 4 rings (SSSR count). The number of rotatable bonds is 8. The lowest BCUT2D eigenvalue weighted by Gasteiger charge is -2.08. The molecular weight excluding hydrogens is 438 g/mol. The number of fused-ring (bicyclic) bond motifs is 1. The van der Waals surface area contributed by atoms with E-state index in [-0.39, 0.29) is 23.2 Å². The molecule has 4 aromatic rings. The Bertz CT molecular complexity index is 1260. The number of hydrogen-bond donors (Lipinski definition) is 2. The van der Waals surface area contributed by atoms with E-state index < -0.39 is 10.0 Å². The van der Waals surface area contributed by atoms with Crippen LogP contribution in [0.15, 0.2) is 81.5 Å². The van der Waals surface area contributed by atoms with Gasteiger partial charge in [-0.2, -0.15) is 0 Å². The molecule has 0 aliphatic carbocycles. The van der Waals surface area contributed by atoms with Crippen molar-refractivity contribution in [2.75, 3.05) is 15.8 Å². The van der Waals surface area contributed by atoms with Crippen molar-refractivity contribution in [2.45, 2.75) is 16.5 Å². The number of thioether (sulfide) groups is 1. The molecule has 2 aromatic carbocycles. The molecule has 0 spiro atoms. The molecule has 0 atom stereocenters. The van der Waals surface area contributed by atoms with Crippen LogP contribution >= 0.6 is 11.8 Å². The minimum absolute atomic E-state index is 0.0173. The van der Waals surface area contributed by atoms with E-state index in [0.717, 1.165) is 5.52 Å². The quantitative estimate of drug-likeness (QED) is 0.386. The molecule has 0 aliphatic rings. The van der Waals surface area contributed by atoms with Crippen LogP contribution in [0.3, 0.4) is 0 Å². The number of sulfonamides is 1. The van der Waals surface area contributed by atoms with E-state index >= 15 is 0 Å². The molecular formula is C20H17N5O4S2. The third-order valence-electron chi connectivity index (χ3n) is 4.07. The average Bonchev–Trinajstić information content (AvgIpc) is 3.17. The molecule has 0 aliphatic heterocycles. The summed E-state index contributed by atoms with van der Waals surface area (Å²) in [6, 6.07) is 14.9. The Hall–Kier alpha value is -3.44. The molecule has 2 heterocycles. The van der Waals surface area contributed by atoms with Crippen molar-refractivity contribution < 1.29 is 17.6 Å². The van der Waals surface area contributed by atoms with Crippen LogP contribution in [0, 0.1) is 0 Å². The van der Waals surface area contributed by atoms with Crippen LogP contribution in [0.4, 0.5) is 11.6 Å². The summed E-state index contributed by atoms with van der Waals surface area (Å²) < 4.78 is 32.7. The highest BCUT2D eigenvalue weighted by molar-refractivity contribution is 7.99. The molecule has 158 valence electrons. The smallest absolute Gasteiger partial charge is 0.264 e. The van der Waals surface area contributed by atoms with Crippen LogP contribution < -0.4 is 10.0 Å². The number of amides is 1. The lowest BCUT2D eigenvalue weighted by atomic mass is 10.3. The third kappa shape index (κ3) is 5.38. The highest BCUT2D eigenvalue weighted by Gasteiger charge is 2.15. The lowest BCUT2D eigenvalue weighted by Crippen LogP contribution is -2.15. The van der Waals surface area contributed by atoms with Gasteiger partial charge in [0.15, 0.2) is 5.58 Å². The predicted octanol–water partition coefficient (Wildman–Crippen LogP) is 3.54. The van der Waals surface area contributed by atoms with Gasteiger partial charge in [-0.05, 0) is 42.5 Å². The van der Waals surface area contributed by atoms with E-state index in [1.165, 1.54) is 48.4 Å². The van der Waals surface area contributed by atoms with Crippen molar-refractivity contribution in [3.8, 4) is 0 Å². The van der Waals surface area contributed by atoms with Crippen molar-refractivity contribution in [3.63, 3.8) is 0 Å². The average molecular weight is 456 g/mol. The zero-order chi connectivity index (χ0) is 21.7. The Morgan fingerprint density at radius 2 is 1.74 bits per heavy atom. The number of nitrogens with zero attached hydrogens (tertiary/aromatic N) is 3. The summed E-state index contributed by atoms with van der Waals surface area (Å²) in [4.78, 5) is 24.2. The Morgan fingerprint density at radius 3 is 2.48 bits per heavy atom. The van der Waals surface area contributed by atoms with Gasteiger partial charge in [0.05, 0.1) is 4.90 Å². The fourth-order valence-electron chi connectivity index (χ4n) is 2.62. The molecule has 11 heteroatoms. The first kappa shape index (κ1) is 20.8. The van der Waals surface area contributed by atoms with E-state index in [1.807, 2.05) is 24.3 Å². The number of anilines is 2. The molecule has 0 radical (unpaired) electrons. The van der Waals surface area contributed by atoms with E-state index in [9.17, 15) is 13.2 Å². The number of para-hydroxylation sites is 2. The second-order valence-corrected chi connectivity index (χ2v) is 9.02. The van der Waals surface area contributed by atoms with Gasteiger partial charge in [0.25, 0.3) is 15.2 Å². The first-order chi connectivity index (χ1) is 15.0. The summed E-state index contributed by atoms with van der Waals surface area (Å²) in [6.45, 7) is 0. The van der Waals surface area contributed by atoms with Gasteiger partial charge in [-0.1, -0.05) is 23.9 Å². The number of nitrogens with one attached hydrogen (secondary N) is 2. The second-order valence-electron chi connectivity index (χ2n) is 6.30. The van der Waals surface area contributed by atoms with Crippen LogP contribution in [0.5, 0.6) is 0 Å². The standard InChI is InChI=1S/C20H17N5O4S2/c26-18(10-13-30-20-24-16-4-1-2-5-17(16)29-20)23-14-6-8-15(9-7-14)31(27,28)25-19-21-11-3-12-22-19/h1-9,11-12H,10,13H2,(H,23,26)(H,21,22,25). The summed E-state index contributed by atoms with van der Waals surface area (Å²) in [6.07, 6.45) is 3.12. The van der Waals surface area contributed by atoms with E-state index in [4.69, 9.17) is 4.42 Å². The summed E-state index contributed by atoms with van der Waals surface area (Å²) >= 11 is 1.35. The van der Waals surface area contributed by atoms with Crippen LogP contribution in [-0.4, -0.2) is 35.0 Å². The first-order valence-corrected chi connectivity index (χ1v) is 11.6. The minimum Gasteiger partial charge on any atom is -0.431 e. The van der Waals surface area contributed by atoms with Crippen molar-refractivity contribution >= 4 is 50.4 Å². The Kier molecular flexibility index (Phi) is 6.14. The maximum Gasteiger partial charge on any atom is 0.264 e. The zero-order valence-corrected chi connectivity index (χ0v) is 17.7. The summed E-state index contributed by atoms with van der Waals surface area (Å²) in [7, 11) is -3.82. The SMILES string of the molecule is O=C(CCSc1nc2ccccc2o1)Nc1ccc(S(=O)(=O)Nc2ncccn2)cc1. The largest absolute Gasteiger partial charge is 0.431 e. The highest BCUT2D eigenvalue weighted by Crippen LogP contribution is 2.24. The summed E-state index contributed by atoms with van der Waals surface area (Å²) in [5, 5.41) is 3.25. The highest BCUT2D eigenvalue weighted by atomic mass is 32.2. The van der Waals surface area contributed by atoms with Crippen LogP contribution in [-0.2, 0) is 14.8 Å². The third-order valence-corrected chi connectivity index (χ3v) is 6.24. The van der Waals surface area contributed by atoms with Crippen molar-refractivity contribution in [2.24, 2.45) is 0 Å². The lowest BCUT2D eigenvalue weighted by molar-refractivity contribution is -0.115. The normalized spacial score (nSPS) is 11.4. The number of benzene rings is 2. The topological polar surface area (TPSA) is 127 Å². The molecule has 2 N–H and O–H groups in total. The van der Waals surface area contributed by atoms with Gasteiger partial charge in [0.2, 0.25) is 11.9 Å². The maximum atomic E-state index is 12.4. The molecule has 2 aromatic heterocycles. The number of hydrogen-bond acceptors (Lipinski definition) is 8. The summed E-state index contributed by atoms with van der Waals surface area (Å²) in [5.74, 6) is 0.276. The monoisotopic (exact) mass is 455 g/mol. The van der Waals surface area contributed by atoms with Crippen LogP contribution in [0.1, 0.15) is 6.42 Å². The van der Waals surface area contributed by atoms with Gasteiger partial charge in [0, 0.05) is 30.3 Å². The fraction of sp³-hybridized carbons (Fsp3) is 0.100. The maximum absolute atomic E-state index is 12.4. The van der Waals surface area contributed by atoms with Crippen molar-refractivity contribution in [3.05, 3.63) is 67.0 Å². The molecule has 0 saturated carbocycles.